The molecule has 0 saturated heterocycles. The number of anilines is 1. The fourth-order valence-electron chi connectivity index (χ4n) is 2.71. The van der Waals surface area contributed by atoms with Crippen LogP contribution < -0.4 is 10.3 Å². The van der Waals surface area contributed by atoms with E-state index >= 15 is 0 Å². The number of fused-ring (bicyclic) bond motifs is 1. The Morgan fingerprint density at radius 2 is 1.76 bits per heavy atom. The number of hydrazone groups is 1. The summed E-state index contributed by atoms with van der Waals surface area (Å²) in [5.41, 5.74) is 5.35. The highest BCUT2D eigenvalue weighted by atomic mass is 32.2. The monoisotopic (exact) mass is 356 g/mol. The number of hydrogen-bond acceptors (Lipinski definition) is 5. The highest BCUT2D eigenvalue weighted by molar-refractivity contribution is 7.90. The fourth-order valence-corrected chi connectivity index (χ4v) is 3.89. The number of hydrogen-bond donors (Lipinski definition) is 1. The molecule has 1 aliphatic rings. The van der Waals surface area contributed by atoms with Gasteiger partial charge in [-0.25, -0.2) is 0 Å². The minimum absolute atomic E-state index is 0.205. The van der Waals surface area contributed by atoms with E-state index in [0.717, 1.165) is 24.3 Å². The Kier molecular flexibility index (Phi) is 4.85. The van der Waals surface area contributed by atoms with Gasteiger partial charge in [0.15, 0.2) is 5.84 Å². The van der Waals surface area contributed by atoms with Gasteiger partial charge in [-0.3, -0.25) is 5.43 Å². The molecule has 25 heavy (non-hydrogen) atoms. The molecule has 3 rings (SSSR count). The van der Waals surface area contributed by atoms with Crippen LogP contribution in [0.15, 0.2) is 62.9 Å². The fraction of sp³-hybridized carbons (Fsp3) is 0.222. The number of sulfonamides is 1. The third-order valence-electron chi connectivity index (χ3n) is 4.04. The number of amidine groups is 1. The van der Waals surface area contributed by atoms with Crippen molar-refractivity contribution in [2.75, 3.05) is 18.0 Å². The van der Waals surface area contributed by atoms with Crippen molar-refractivity contribution in [3.63, 3.8) is 0 Å². The van der Waals surface area contributed by atoms with Crippen LogP contribution in [-0.2, 0) is 10.0 Å². The van der Waals surface area contributed by atoms with E-state index in [0.29, 0.717) is 5.56 Å². The second kappa shape index (κ2) is 7.06. The number of nitrogens with one attached hydrogen (secondary N) is 1. The molecule has 0 fully saturated rings. The molecule has 1 N–H and O–H groups in total. The summed E-state index contributed by atoms with van der Waals surface area (Å²) in [7, 11) is -3.62. The lowest BCUT2D eigenvalue weighted by molar-refractivity contribution is 0.599. The van der Waals surface area contributed by atoms with Crippen molar-refractivity contribution in [3.05, 3.63) is 59.7 Å². The van der Waals surface area contributed by atoms with Crippen molar-refractivity contribution in [1.29, 1.82) is 0 Å². The summed E-state index contributed by atoms with van der Waals surface area (Å²) in [5.74, 6) is 0.242. The molecule has 0 aliphatic carbocycles. The third kappa shape index (κ3) is 3.56. The molecule has 2 aromatic rings. The molecular weight excluding hydrogens is 336 g/mol. The average molecular weight is 356 g/mol. The molecule has 1 aliphatic heterocycles. The number of rotatable bonds is 5. The van der Waals surface area contributed by atoms with Gasteiger partial charge in [-0.05, 0) is 43.7 Å². The van der Waals surface area contributed by atoms with Crippen LogP contribution in [0.25, 0.3) is 0 Å². The second-order valence-corrected chi connectivity index (χ2v) is 7.12. The molecule has 2 aromatic carbocycles. The lowest BCUT2D eigenvalue weighted by atomic mass is 10.2. The molecule has 0 spiro atoms. The summed E-state index contributed by atoms with van der Waals surface area (Å²) < 4.78 is 27.7. The summed E-state index contributed by atoms with van der Waals surface area (Å²) in [6, 6.07) is 14.7. The Hall–Kier alpha value is -2.67. The van der Waals surface area contributed by atoms with E-state index in [1.54, 1.807) is 30.5 Å². The maximum atomic E-state index is 12.0. The molecule has 130 valence electrons. The summed E-state index contributed by atoms with van der Waals surface area (Å²) in [6.07, 6.45) is 1.64. The average Bonchev–Trinajstić information content (AvgIpc) is 2.88. The maximum Gasteiger partial charge on any atom is 0.285 e. The van der Waals surface area contributed by atoms with Gasteiger partial charge in [-0.1, -0.05) is 24.3 Å². The molecule has 6 nitrogen and oxygen atoms in total. The topological polar surface area (TPSA) is 74.1 Å². The smallest absolute Gasteiger partial charge is 0.285 e. The SMILES string of the molecule is CCN(CC)c1ccc(/C=N/NC2=NS(=O)(=O)c3ccccc32)cc1. The van der Waals surface area contributed by atoms with Crippen molar-refractivity contribution < 1.29 is 8.42 Å². The Labute approximate surface area is 148 Å². The van der Waals surface area contributed by atoms with Crippen molar-refractivity contribution in [2.45, 2.75) is 18.7 Å². The largest absolute Gasteiger partial charge is 0.372 e. The Morgan fingerprint density at radius 3 is 2.44 bits per heavy atom. The van der Waals surface area contributed by atoms with Gasteiger partial charge in [0.05, 0.1) is 6.21 Å². The van der Waals surface area contributed by atoms with Gasteiger partial charge in [0, 0.05) is 24.3 Å². The van der Waals surface area contributed by atoms with Gasteiger partial charge in [0.2, 0.25) is 0 Å². The first-order chi connectivity index (χ1) is 12.0. The van der Waals surface area contributed by atoms with Crippen LogP contribution in [-0.4, -0.2) is 33.6 Å². The normalized spacial score (nSPS) is 15.0. The van der Waals surface area contributed by atoms with Crippen molar-refractivity contribution in [2.24, 2.45) is 9.50 Å². The van der Waals surface area contributed by atoms with Crippen LogP contribution in [0.5, 0.6) is 0 Å². The standard InChI is InChI=1S/C18H20N4O2S/c1-3-22(4-2)15-11-9-14(10-12-15)13-19-20-18-16-7-5-6-8-17(16)25(23,24)21-18/h5-13H,3-4H2,1-2H3,(H,20,21)/b19-13+. The highest BCUT2D eigenvalue weighted by Crippen LogP contribution is 2.24. The predicted molar refractivity (Wildman–Crippen MR) is 101 cm³/mol. The van der Waals surface area contributed by atoms with E-state index in [2.05, 4.69) is 33.7 Å². The van der Waals surface area contributed by atoms with Crippen LogP contribution >= 0.6 is 0 Å². The van der Waals surface area contributed by atoms with Gasteiger partial charge < -0.3 is 4.90 Å². The maximum absolute atomic E-state index is 12.0. The van der Waals surface area contributed by atoms with Crippen LogP contribution in [0.4, 0.5) is 5.69 Å². The van der Waals surface area contributed by atoms with Gasteiger partial charge >= 0.3 is 0 Å². The molecule has 0 bridgehead atoms. The molecule has 1 heterocycles. The molecule has 0 atom stereocenters. The van der Waals surface area contributed by atoms with E-state index in [1.165, 1.54) is 0 Å². The highest BCUT2D eigenvalue weighted by Gasteiger charge is 2.28. The van der Waals surface area contributed by atoms with Gasteiger partial charge in [0.1, 0.15) is 4.90 Å². The summed E-state index contributed by atoms with van der Waals surface area (Å²) in [5, 5.41) is 4.12. The quantitative estimate of drug-likeness (QED) is 0.660. The van der Waals surface area contributed by atoms with Crippen molar-refractivity contribution >= 4 is 27.8 Å². The summed E-state index contributed by atoms with van der Waals surface area (Å²) in [4.78, 5) is 2.46. The van der Waals surface area contributed by atoms with Crippen LogP contribution in [0.1, 0.15) is 25.0 Å². The Balaban J connectivity index is 1.72. The van der Waals surface area contributed by atoms with Crippen LogP contribution in [0, 0.1) is 0 Å². The summed E-state index contributed by atoms with van der Waals surface area (Å²) in [6.45, 7) is 6.16. The van der Waals surface area contributed by atoms with E-state index in [-0.39, 0.29) is 10.7 Å². The van der Waals surface area contributed by atoms with Crippen molar-refractivity contribution in [3.8, 4) is 0 Å². The zero-order chi connectivity index (χ0) is 17.9. The molecule has 0 saturated carbocycles. The van der Waals surface area contributed by atoms with E-state index in [1.807, 2.05) is 24.3 Å². The lowest BCUT2D eigenvalue weighted by Gasteiger charge is -2.20. The molecule has 7 heteroatoms. The zero-order valence-electron chi connectivity index (χ0n) is 14.2. The van der Waals surface area contributed by atoms with E-state index < -0.39 is 10.0 Å². The molecular formula is C18H20N4O2S. The lowest BCUT2D eigenvalue weighted by Crippen LogP contribution is -2.21. The molecule has 0 amide bonds. The van der Waals surface area contributed by atoms with E-state index in [4.69, 9.17) is 0 Å². The number of benzene rings is 2. The first-order valence-corrected chi connectivity index (χ1v) is 9.57. The second-order valence-electron chi connectivity index (χ2n) is 5.54. The molecule has 0 aromatic heterocycles. The summed E-state index contributed by atoms with van der Waals surface area (Å²) >= 11 is 0. The zero-order valence-corrected chi connectivity index (χ0v) is 15.0. The molecule has 0 unspecified atom stereocenters. The first kappa shape index (κ1) is 17.2. The Bertz CT molecular complexity index is 914. The van der Waals surface area contributed by atoms with Crippen molar-refractivity contribution in [1.82, 2.24) is 5.43 Å². The van der Waals surface area contributed by atoms with Crippen LogP contribution in [0.3, 0.4) is 0 Å². The van der Waals surface area contributed by atoms with E-state index in [9.17, 15) is 8.42 Å². The minimum Gasteiger partial charge on any atom is -0.372 e. The number of nitrogens with zero attached hydrogens (tertiary/aromatic N) is 3. The minimum atomic E-state index is -3.62. The Morgan fingerprint density at radius 1 is 1.08 bits per heavy atom. The first-order valence-electron chi connectivity index (χ1n) is 8.13. The van der Waals surface area contributed by atoms with Gasteiger partial charge in [0.25, 0.3) is 10.0 Å². The van der Waals surface area contributed by atoms with Gasteiger partial charge in [-0.2, -0.15) is 13.5 Å². The predicted octanol–water partition coefficient (Wildman–Crippen LogP) is 2.61. The van der Waals surface area contributed by atoms with Gasteiger partial charge in [-0.15, -0.1) is 4.40 Å². The molecule has 0 radical (unpaired) electrons. The van der Waals surface area contributed by atoms with Crippen LogP contribution in [0.2, 0.25) is 0 Å². The third-order valence-corrected chi connectivity index (χ3v) is 5.37.